The largest absolute Gasteiger partial charge is 0.352 e. The molecule has 32 heavy (non-hydrogen) atoms. The lowest BCUT2D eigenvalue weighted by Gasteiger charge is -2.23. The summed E-state index contributed by atoms with van der Waals surface area (Å²) in [5.74, 6) is 0.428. The van der Waals surface area contributed by atoms with Crippen LogP contribution in [0.3, 0.4) is 0 Å². The fourth-order valence-electron chi connectivity index (χ4n) is 4.22. The van der Waals surface area contributed by atoms with Gasteiger partial charge in [-0.3, -0.25) is 4.79 Å². The van der Waals surface area contributed by atoms with Gasteiger partial charge in [0, 0.05) is 18.7 Å². The van der Waals surface area contributed by atoms with Crippen LogP contribution >= 0.6 is 0 Å². The molecule has 0 saturated heterocycles. The molecule has 0 atom stereocenters. The highest BCUT2D eigenvalue weighted by Crippen LogP contribution is 2.24. The number of aromatic nitrogens is 2. The van der Waals surface area contributed by atoms with Crippen LogP contribution in [0.1, 0.15) is 44.9 Å². The first-order valence-electron chi connectivity index (χ1n) is 11.2. The second-order valence-electron chi connectivity index (χ2n) is 8.50. The molecule has 1 aromatic heterocycles. The van der Waals surface area contributed by atoms with Crippen molar-refractivity contribution in [3.8, 4) is 11.4 Å². The fourth-order valence-corrected chi connectivity index (χ4v) is 5.38. The number of H-pyrrole nitrogens is 1. The van der Waals surface area contributed by atoms with Crippen molar-refractivity contribution < 1.29 is 13.2 Å². The molecule has 1 aliphatic carbocycles. The molecule has 8 heteroatoms. The molecular formula is C24H30N4O3S. The Morgan fingerprint density at radius 3 is 2.47 bits per heavy atom. The molecule has 0 aliphatic heterocycles. The Labute approximate surface area is 189 Å². The predicted octanol–water partition coefficient (Wildman–Crippen LogP) is 4.08. The van der Waals surface area contributed by atoms with E-state index in [9.17, 15) is 13.2 Å². The summed E-state index contributed by atoms with van der Waals surface area (Å²) in [5, 5.41) is 3.03. The summed E-state index contributed by atoms with van der Waals surface area (Å²) in [6.45, 7) is -0.199. The number of carbonyl (C=O) groups excluding carboxylic acids is 1. The number of aromatic amines is 1. The van der Waals surface area contributed by atoms with Gasteiger partial charge in [-0.05, 0) is 31.0 Å². The van der Waals surface area contributed by atoms with Crippen molar-refractivity contribution in [2.24, 2.45) is 0 Å². The van der Waals surface area contributed by atoms with Crippen molar-refractivity contribution in [1.29, 1.82) is 0 Å². The van der Waals surface area contributed by atoms with E-state index in [0.29, 0.717) is 16.9 Å². The zero-order chi connectivity index (χ0) is 22.6. The average Bonchev–Trinajstić information content (AvgIpc) is 3.19. The maximum absolute atomic E-state index is 13.1. The third kappa shape index (κ3) is 5.19. The third-order valence-electron chi connectivity index (χ3n) is 6.05. The number of fused-ring (bicyclic) bond motifs is 1. The van der Waals surface area contributed by atoms with Gasteiger partial charge in [0.25, 0.3) is 0 Å². The number of amides is 1. The molecule has 0 radical (unpaired) electrons. The lowest BCUT2D eigenvalue weighted by Crippen LogP contribution is -2.42. The molecule has 4 rings (SSSR count). The first-order valence-corrected chi connectivity index (χ1v) is 12.7. The first kappa shape index (κ1) is 22.5. The molecule has 0 bridgehead atoms. The minimum Gasteiger partial charge on any atom is -0.352 e. The van der Waals surface area contributed by atoms with E-state index < -0.39 is 10.0 Å². The Balaban J connectivity index is 1.46. The van der Waals surface area contributed by atoms with Gasteiger partial charge in [0.15, 0.2) is 0 Å². The van der Waals surface area contributed by atoms with Crippen molar-refractivity contribution in [2.75, 3.05) is 13.6 Å². The molecule has 1 heterocycles. The van der Waals surface area contributed by atoms with Crippen LogP contribution in [0.4, 0.5) is 0 Å². The molecule has 3 aromatic rings. The summed E-state index contributed by atoms with van der Waals surface area (Å²) in [4.78, 5) is 20.4. The molecule has 1 saturated carbocycles. The third-order valence-corrected chi connectivity index (χ3v) is 7.84. The number of sulfonamides is 1. The highest BCUT2D eigenvalue weighted by atomic mass is 32.2. The van der Waals surface area contributed by atoms with Crippen LogP contribution in [0.2, 0.25) is 0 Å². The summed E-state index contributed by atoms with van der Waals surface area (Å²) in [6.07, 6.45) is 7.79. The van der Waals surface area contributed by atoms with E-state index in [-0.39, 0.29) is 23.4 Å². The number of hydrogen-bond acceptors (Lipinski definition) is 4. The molecule has 0 spiro atoms. The average molecular weight is 455 g/mol. The van der Waals surface area contributed by atoms with Crippen LogP contribution in [-0.2, 0) is 14.8 Å². The van der Waals surface area contributed by atoms with Crippen molar-refractivity contribution in [1.82, 2.24) is 19.6 Å². The summed E-state index contributed by atoms with van der Waals surface area (Å²) in [6, 6.07) is 14.6. The summed E-state index contributed by atoms with van der Waals surface area (Å²) in [7, 11) is -2.37. The molecule has 1 fully saturated rings. The predicted molar refractivity (Wildman–Crippen MR) is 126 cm³/mol. The van der Waals surface area contributed by atoms with Crippen molar-refractivity contribution in [3.63, 3.8) is 0 Å². The second kappa shape index (κ2) is 9.83. The van der Waals surface area contributed by atoms with E-state index >= 15 is 0 Å². The second-order valence-corrected chi connectivity index (χ2v) is 10.5. The van der Waals surface area contributed by atoms with Gasteiger partial charge in [0.2, 0.25) is 15.9 Å². The van der Waals surface area contributed by atoms with Crippen LogP contribution in [-0.4, -0.2) is 48.2 Å². The standard InChI is InChI=1S/C24H30N4O3S/c1-28(17-23(29)25-19-12-8-3-2-4-9-13-19)32(30,31)20-14-15-21-22(16-20)27-24(26-21)18-10-6-5-7-11-18/h5-7,10-11,14-16,19H,2-4,8-9,12-13,17H2,1H3,(H,25,29)(H,26,27). The molecular weight excluding hydrogens is 424 g/mol. The van der Waals surface area contributed by atoms with Gasteiger partial charge in [0.05, 0.1) is 22.5 Å². The van der Waals surface area contributed by atoms with E-state index in [1.54, 1.807) is 12.1 Å². The molecule has 1 aliphatic rings. The van der Waals surface area contributed by atoms with Gasteiger partial charge < -0.3 is 10.3 Å². The van der Waals surface area contributed by atoms with Crippen LogP contribution in [0.5, 0.6) is 0 Å². The van der Waals surface area contributed by atoms with E-state index in [1.165, 1.54) is 32.4 Å². The number of benzene rings is 2. The highest BCUT2D eigenvalue weighted by Gasteiger charge is 2.25. The number of likely N-dealkylation sites (N-methyl/N-ethyl adjacent to an activating group) is 1. The topological polar surface area (TPSA) is 95.2 Å². The Hall–Kier alpha value is -2.71. The van der Waals surface area contributed by atoms with Crippen molar-refractivity contribution >= 4 is 27.0 Å². The molecule has 1 amide bonds. The number of imidazole rings is 1. The first-order chi connectivity index (χ1) is 15.4. The minimum atomic E-state index is -3.81. The molecule has 2 N–H and O–H groups in total. The van der Waals surface area contributed by atoms with Gasteiger partial charge in [-0.2, -0.15) is 4.31 Å². The van der Waals surface area contributed by atoms with E-state index in [1.807, 2.05) is 30.3 Å². The lowest BCUT2D eigenvalue weighted by atomic mass is 9.97. The van der Waals surface area contributed by atoms with Crippen LogP contribution in [0, 0.1) is 0 Å². The highest BCUT2D eigenvalue weighted by molar-refractivity contribution is 7.89. The number of nitrogens with one attached hydrogen (secondary N) is 2. The Kier molecular flexibility index (Phi) is 6.91. The molecule has 7 nitrogen and oxygen atoms in total. The van der Waals surface area contributed by atoms with Crippen molar-refractivity contribution in [3.05, 3.63) is 48.5 Å². The number of hydrogen-bond donors (Lipinski definition) is 2. The summed E-state index contributed by atoms with van der Waals surface area (Å²) < 4.78 is 27.3. The Bertz CT molecular complexity index is 1170. The zero-order valence-corrected chi connectivity index (χ0v) is 19.2. The van der Waals surface area contributed by atoms with Gasteiger partial charge in [0.1, 0.15) is 5.82 Å². The van der Waals surface area contributed by atoms with Crippen LogP contribution in [0.25, 0.3) is 22.4 Å². The lowest BCUT2D eigenvalue weighted by molar-refractivity contribution is -0.121. The molecule has 170 valence electrons. The summed E-state index contributed by atoms with van der Waals surface area (Å²) >= 11 is 0. The van der Waals surface area contributed by atoms with E-state index in [2.05, 4.69) is 15.3 Å². The van der Waals surface area contributed by atoms with Crippen LogP contribution in [0.15, 0.2) is 53.4 Å². The zero-order valence-electron chi connectivity index (χ0n) is 18.4. The van der Waals surface area contributed by atoms with Gasteiger partial charge >= 0.3 is 0 Å². The smallest absolute Gasteiger partial charge is 0.243 e. The Morgan fingerprint density at radius 2 is 1.75 bits per heavy atom. The number of nitrogens with zero attached hydrogens (tertiary/aromatic N) is 2. The SMILES string of the molecule is CN(CC(=O)NC1CCCCCCC1)S(=O)(=O)c1ccc2nc(-c3ccccc3)[nH]c2c1. The van der Waals surface area contributed by atoms with Crippen LogP contribution < -0.4 is 5.32 Å². The number of carbonyl (C=O) groups is 1. The number of rotatable bonds is 6. The maximum atomic E-state index is 13.1. The fraction of sp³-hybridized carbons (Fsp3) is 0.417. The maximum Gasteiger partial charge on any atom is 0.243 e. The van der Waals surface area contributed by atoms with E-state index in [4.69, 9.17) is 0 Å². The summed E-state index contributed by atoms with van der Waals surface area (Å²) in [5.41, 5.74) is 2.25. The molecule has 2 aromatic carbocycles. The normalized spacial score (nSPS) is 16.1. The van der Waals surface area contributed by atoms with Crippen molar-refractivity contribution in [2.45, 2.75) is 55.9 Å². The minimum absolute atomic E-state index is 0.134. The monoisotopic (exact) mass is 454 g/mol. The van der Waals surface area contributed by atoms with Gasteiger partial charge in [-0.25, -0.2) is 13.4 Å². The van der Waals surface area contributed by atoms with E-state index in [0.717, 1.165) is 35.6 Å². The van der Waals surface area contributed by atoms with Gasteiger partial charge in [-0.15, -0.1) is 0 Å². The van der Waals surface area contributed by atoms with Gasteiger partial charge in [-0.1, -0.05) is 62.4 Å². The molecule has 0 unspecified atom stereocenters. The Morgan fingerprint density at radius 1 is 1.06 bits per heavy atom. The quantitative estimate of drug-likeness (QED) is 0.587.